The van der Waals surface area contributed by atoms with Gasteiger partial charge in [0, 0.05) is 18.3 Å². The Kier molecular flexibility index (Phi) is 6.05. The number of nitrogens with one attached hydrogen (secondary N) is 2. The predicted octanol–water partition coefficient (Wildman–Crippen LogP) is 4.85. The molecule has 0 atom stereocenters. The molecule has 25 heavy (non-hydrogen) atoms. The first kappa shape index (κ1) is 19.2. The van der Waals surface area contributed by atoms with Gasteiger partial charge in [0.1, 0.15) is 0 Å². The van der Waals surface area contributed by atoms with Gasteiger partial charge in [-0.2, -0.15) is 0 Å². The Labute approximate surface area is 160 Å². The van der Waals surface area contributed by atoms with E-state index >= 15 is 0 Å². The molecule has 6 nitrogen and oxygen atoms in total. The maximum atomic E-state index is 12.4. The van der Waals surface area contributed by atoms with Gasteiger partial charge >= 0.3 is 6.03 Å². The Morgan fingerprint density at radius 3 is 2.32 bits per heavy atom. The molecule has 0 aromatic heterocycles. The van der Waals surface area contributed by atoms with Gasteiger partial charge in [0.25, 0.3) is 0 Å². The summed E-state index contributed by atoms with van der Waals surface area (Å²) >= 11 is 16.0. The summed E-state index contributed by atoms with van der Waals surface area (Å²) in [4.78, 5) is 23.4. The zero-order valence-corrected chi connectivity index (χ0v) is 15.7. The predicted molar refractivity (Wildman–Crippen MR) is 104 cm³/mol. The van der Waals surface area contributed by atoms with E-state index in [1.807, 2.05) is 0 Å². The van der Waals surface area contributed by atoms with Gasteiger partial charge in [-0.05, 0) is 42.8 Å². The number of carbonyl (C=O) groups excluding carboxylic acids is 2. The van der Waals surface area contributed by atoms with Gasteiger partial charge in [-0.1, -0.05) is 36.0 Å². The first-order valence-corrected chi connectivity index (χ1v) is 8.21. The van der Waals surface area contributed by atoms with E-state index in [-0.39, 0.29) is 21.7 Å². The molecule has 9 heteroatoms. The molecule has 2 aromatic rings. The largest absolute Gasteiger partial charge is 0.505 e. The first-order chi connectivity index (χ1) is 11.7. The van der Waals surface area contributed by atoms with Crippen LogP contribution in [0.25, 0.3) is 0 Å². The fourth-order valence-electron chi connectivity index (χ4n) is 2.01. The molecule has 2 aromatic carbocycles. The number of nitrogens with zero attached hydrogens (tertiary/aromatic N) is 1. The quantitative estimate of drug-likeness (QED) is 0.439. The van der Waals surface area contributed by atoms with Crippen LogP contribution in [-0.2, 0) is 4.79 Å². The number of anilines is 3. The summed E-state index contributed by atoms with van der Waals surface area (Å²) in [5.74, 6) is -0.431. The molecule has 0 unspecified atom stereocenters. The van der Waals surface area contributed by atoms with Crippen LogP contribution in [0.1, 0.15) is 12.5 Å². The average Bonchev–Trinajstić information content (AvgIpc) is 2.57. The smallest absolute Gasteiger partial charge is 0.336 e. The number of amides is 3. The van der Waals surface area contributed by atoms with Crippen molar-refractivity contribution in [2.24, 2.45) is 0 Å². The number of aromatic hydroxyl groups is 1. The minimum atomic E-state index is -0.545. The molecule has 132 valence electrons. The van der Waals surface area contributed by atoms with E-state index in [0.29, 0.717) is 22.6 Å². The Bertz CT molecular complexity index is 828. The second-order valence-corrected chi connectivity index (χ2v) is 6.35. The van der Waals surface area contributed by atoms with Crippen molar-refractivity contribution in [1.29, 1.82) is 0 Å². The number of thiol groups is 1. The number of benzene rings is 2. The lowest BCUT2D eigenvalue weighted by Gasteiger charge is -2.19. The van der Waals surface area contributed by atoms with Crippen LogP contribution in [0.4, 0.5) is 21.9 Å². The topological polar surface area (TPSA) is 81.7 Å². The van der Waals surface area contributed by atoms with E-state index in [1.54, 1.807) is 31.2 Å². The summed E-state index contributed by atoms with van der Waals surface area (Å²) in [6.45, 7) is 3.04. The van der Waals surface area contributed by atoms with Crippen molar-refractivity contribution in [3.63, 3.8) is 0 Å². The molecular weight excluding hydrogens is 385 g/mol. The van der Waals surface area contributed by atoms with Crippen LogP contribution in [-0.4, -0.2) is 17.0 Å². The van der Waals surface area contributed by atoms with Crippen LogP contribution >= 0.6 is 36.0 Å². The molecule has 0 bridgehead atoms. The van der Waals surface area contributed by atoms with E-state index in [4.69, 9.17) is 23.2 Å². The number of carbonyl (C=O) groups is 2. The molecule has 0 radical (unpaired) electrons. The number of urea groups is 1. The van der Waals surface area contributed by atoms with Crippen LogP contribution in [0.3, 0.4) is 0 Å². The molecule has 3 amide bonds. The highest BCUT2D eigenvalue weighted by atomic mass is 35.5. The van der Waals surface area contributed by atoms with Gasteiger partial charge in [-0.3, -0.25) is 4.79 Å². The number of phenols is 1. The van der Waals surface area contributed by atoms with Crippen molar-refractivity contribution < 1.29 is 14.7 Å². The third kappa shape index (κ3) is 4.50. The minimum absolute atomic E-state index is 0.0243. The van der Waals surface area contributed by atoms with Crippen molar-refractivity contribution in [2.75, 3.05) is 14.9 Å². The molecule has 0 fully saturated rings. The molecule has 0 spiro atoms. The van der Waals surface area contributed by atoms with Crippen molar-refractivity contribution >= 4 is 65.0 Å². The van der Waals surface area contributed by atoms with Gasteiger partial charge in [-0.25, -0.2) is 9.10 Å². The van der Waals surface area contributed by atoms with E-state index in [2.05, 4.69) is 23.4 Å². The van der Waals surface area contributed by atoms with Gasteiger partial charge in [0.05, 0.1) is 15.7 Å². The Morgan fingerprint density at radius 1 is 1.16 bits per heavy atom. The van der Waals surface area contributed by atoms with Crippen molar-refractivity contribution in [3.05, 3.63) is 45.9 Å². The van der Waals surface area contributed by atoms with Crippen LogP contribution in [0, 0.1) is 6.92 Å². The van der Waals surface area contributed by atoms with Gasteiger partial charge < -0.3 is 15.7 Å². The Hall–Kier alpha value is -2.09. The molecular formula is C16H15Cl2N3O3S. The molecule has 0 aliphatic heterocycles. The number of rotatable bonds is 3. The Morgan fingerprint density at radius 2 is 1.76 bits per heavy atom. The molecule has 3 N–H and O–H groups in total. The molecule has 0 aliphatic carbocycles. The van der Waals surface area contributed by atoms with Crippen LogP contribution < -0.4 is 14.9 Å². The fraction of sp³-hybridized carbons (Fsp3) is 0.125. The lowest BCUT2D eigenvalue weighted by atomic mass is 10.2. The van der Waals surface area contributed by atoms with E-state index in [1.165, 1.54) is 13.0 Å². The van der Waals surface area contributed by atoms with Crippen LogP contribution in [0.2, 0.25) is 10.0 Å². The first-order valence-electron chi connectivity index (χ1n) is 7.06. The Balaban J connectivity index is 2.17. The summed E-state index contributed by atoms with van der Waals surface area (Å²) in [6.07, 6.45) is 0. The molecule has 0 saturated carbocycles. The SMILES string of the molecule is CC(=O)Nc1ccc(N(S)C(=O)Nc2cc(Cl)c(O)c(Cl)c2C)cc1. The monoisotopic (exact) mass is 399 g/mol. The van der Waals surface area contributed by atoms with E-state index in [0.717, 1.165) is 4.31 Å². The van der Waals surface area contributed by atoms with Crippen LogP contribution in [0.15, 0.2) is 30.3 Å². The fourth-order valence-corrected chi connectivity index (χ4v) is 2.65. The number of halogens is 2. The lowest BCUT2D eigenvalue weighted by Crippen LogP contribution is -2.27. The van der Waals surface area contributed by atoms with Gasteiger partial charge in [0.2, 0.25) is 5.91 Å². The molecule has 0 saturated heterocycles. The second-order valence-electron chi connectivity index (χ2n) is 5.16. The maximum absolute atomic E-state index is 12.4. The highest BCUT2D eigenvalue weighted by molar-refractivity contribution is 7.82. The maximum Gasteiger partial charge on any atom is 0.336 e. The summed E-state index contributed by atoms with van der Waals surface area (Å²) < 4.78 is 1.09. The van der Waals surface area contributed by atoms with Gasteiger partial charge in [0.15, 0.2) is 5.75 Å². The summed E-state index contributed by atoms with van der Waals surface area (Å²) in [5.41, 5.74) is 1.92. The van der Waals surface area contributed by atoms with Crippen molar-refractivity contribution in [3.8, 4) is 5.75 Å². The molecule has 2 rings (SSSR count). The normalized spacial score (nSPS) is 10.3. The van der Waals surface area contributed by atoms with E-state index in [9.17, 15) is 14.7 Å². The third-order valence-electron chi connectivity index (χ3n) is 3.30. The minimum Gasteiger partial charge on any atom is -0.505 e. The highest BCUT2D eigenvalue weighted by Gasteiger charge is 2.17. The van der Waals surface area contributed by atoms with Gasteiger partial charge in [-0.15, -0.1) is 0 Å². The summed E-state index contributed by atoms with van der Waals surface area (Å²) in [5, 5.41) is 15.0. The van der Waals surface area contributed by atoms with Crippen molar-refractivity contribution in [2.45, 2.75) is 13.8 Å². The highest BCUT2D eigenvalue weighted by Crippen LogP contribution is 2.38. The number of hydrogen-bond donors (Lipinski definition) is 4. The third-order valence-corrected chi connectivity index (χ3v) is 4.47. The lowest BCUT2D eigenvalue weighted by molar-refractivity contribution is -0.114. The molecule has 0 aliphatic rings. The standard InChI is InChI=1S/C16H15Cl2N3O3S/c1-8-13(7-12(17)15(23)14(8)18)20-16(24)21(25)11-5-3-10(4-6-11)19-9(2)22/h3-7,23,25H,1-2H3,(H,19,22)(H,20,24). The second kappa shape index (κ2) is 7.86. The zero-order chi connectivity index (χ0) is 18.7. The summed E-state index contributed by atoms with van der Waals surface area (Å²) in [6, 6.07) is 7.40. The van der Waals surface area contributed by atoms with Crippen molar-refractivity contribution in [1.82, 2.24) is 0 Å². The van der Waals surface area contributed by atoms with E-state index < -0.39 is 6.03 Å². The summed E-state index contributed by atoms with van der Waals surface area (Å²) in [7, 11) is 0. The zero-order valence-electron chi connectivity index (χ0n) is 13.3. The van der Waals surface area contributed by atoms with Crippen LogP contribution in [0.5, 0.6) is 5.75 Å². The molecule has 0 heterocycles. The number of hydrogen-bond acceptors (Lipinski definition) is 4. The average molecular weight is 400 g/mol. The number of phenolic OH excluding ortho intramolecular Hbond substituents is 1.